The molecule has 3 rings (SSSR count). The average molecular weight is 328 g/mol. The Morgan fingerprint density at radius 3 is 2.75 bits per heavy atom. The lowest BCUT2D eigenvalue weighted by molar-refractivity contribution is -0.115. The third-order valence-corrected chi connectivity index (χ3v) is 3.53. The molecule has 0 saturated carbocycles. The third kappa shape index (κ3) is 3.24. The summed E-state index contributed by atoms with van der Waals surface area (Å²) in [6.45, 7) is 0. The zero-order chi connectivity index (χ0) is 17.1. The Labute approximate surface area is 137 Å². The lowest BCUT2D eigenvalue weighted by atomic mass is 10.1. The number of fused-ring (bicyclic) bond motifs is 1. The summed E-state index contributed by atoms with van der Waals surface area (Å²) >= 11 is 0. The molecule has 2 aromatic carbocycles. The van der Waals surface area contributed by atoms with Crippen LogP contribution in [0, 0.1) is 0 Å². The van der Waals surface area contributed by atoms with Gasteiger partial charge >= 0.3 is 5.76 Å². The summed E-state index contributed by atoms with van der Waals surface area (Å²) in [6.07, 6.45) is 0.151. The van der Waals surface area contributed by atoms with E-state index in [1.807, 2.05) is 0 Å². The summed E-state index contributed by atoms with van der Waals surface area (Å²) < 4.78 is 15.3. The van der Waals surface area contributed by atoms with E-state index in [4.69, 9.17) is 13.9 Å². The number of H-pyrrole nitrogens is 1. The molecule has 0 radical (unpaired) electrons. The van der Waals surface area contributed by atoms with Gasteiger partial charge in [0.2, 0.25) is 5.91 Å². The third-order valence-electron chi connectivity index (χ3n) is 3.53. The topological polar surface area (TPSA) is 93.6 Å². The number of amides is 1. The van der Waals surface area contributed by atoms with Crippen molar-refractivity contribution < 1.29 is 18.7 Å². The molecule has 0 spiro atoms. The number of hydrogen-bond acceptors (Lipinski definition) is 5. The molecule has 0 bridgehead atoms. The molecule has 1 aromatic heterocycles. The van der Waals surface area contributed by atoms with E-state index >= 15 is 0 Å². The first-order chi connectivity index (χ1) is 11.6. The zero-order valence-corrected chi connectivity index (χ0v) is 13.2. The van der Waals surface area contributed by atoms with Crippen molar-refractivity contribution >= 4 is 22.7 Å². The number of nitrogens with one attached hydrogen (secondary N) is 2. The quantitative estimate of drug-likeness (QED) is 0.749. The molecule has 3 aromatic rings. The van der Waals surface area contributed by atoms with Crippen LogP contribution in [0.2, 0.25) is 0 Å². The van der Waals surface area contributed by atoms with Crippen LogP contribution >= 0.6 is 0 Å². The maximum absolute atomic E-state index is 12.3. The molecule has 7 nitrogen and oxygen atoms in total. The second-order valence-electron chi connectivity index (χ2n) is 5.14. The highest BCUT2D eigenvalue weighted by Gasteiger charge is 2.11. The lowest BCUT2D eigenvalue weighted by Gasteiger charge is -2.11. The van der Waals surface area contributed by atoms with Gasteiger partial charge in [-0.1, -0.05) is 6.07 Å². The van der Waals surface area contributed by atoms with Crippen molar-refractivity contribution in [1.29, 1.82) is 0 Å². The van der Waals surface area contributed by atoms with Crippen LogP contribution in [0.3, 0.4) is 0 Å². The molecular formula is C17H16N2O5. The summed E-state index contributed by atoms with van der Waals surface area (Å²) in [5.74, 6) is 0.426. The second-order valence-corrected chi connectivity index (χ2v) is 5.14. The normalized spacial score (nSPS) is 10.6. The molecule has 0 fully saturated rings. The summed E-state index contributed by atoms with van der Waals surface area (Å²) in [7, 11) is 3.08. The van der Waals surface area contributed by atoms with E-state index in [9.17, 15) is 9.59 Å². The van der Waals surface area contributed by atoms with Gasteiger partial charge in [0.05, 0.1) is 31.8 Å². The van der Waals surface area contributed by atoms with E-state index in [2.05, 4.69) is 10.3 Å². The molecule has 1 heterocycles. The van der Waals surface area contributed by atoms with E-state index in [-0.39, 0.29) is 12.3 Å². The van der Waals surface area contributed by atoms with Crippen molar-refractivity contribution in [3.05, 3.63) is 52.5 Å². The van der Waals surface area contributed by atoms with Gasteiger partial charge in [0.1, 0.15) is 11.5 Å². The number of aromatic nitrogens is 1. The maximum atomic E-state index is 12.3. The van der Waals surface area contributed by atoms with Crippen LogP contribution in [0.4, 0.5) is 5.69 Å². The van der Waals surface area contributed by atoms with Crippen LogP contribution < -0.4 is 20.5 Å². The van der Waals surface area contributed by atoms with Crippen molar-refractivity contribution in [2.45, 2.75) is 6.42 Å². The summed E-state index contributed by atoms with van der Waals surface area (Å²) in [5.41, 5.74) is 2.33. The highest BCUT2D eigenvalue weighted by Crippen LogP contribution is 2.29. The van der Waals surface area contributed by atoms with Gasteiger partial charge in [-0.3, -0.25) is 9.78 Å². The summed E-state index contributed by atoms with van der Waals surface area (Å²) in [4.78, 5) is 26.0. The van der Waals surface area contributed by atoms with Crippen molar-refractivity contribution in [3.8, 4) is 11.5 Å². The number of anilines is 1. The number of rotatable bonds is 5. The Morgan fingerprint density at radius 2 is 2.00 bits per heavy atom. The minimum atomic E-state index is -0.519. The molecule has 0 unspecified atom stereocenters. The van der Waals surface area contributed by atoms with Crippen LogP contribution in [0.5, 0.6) is 11.5 Å². The Kier molecular flexibility index (Phi) is 4.24. The van der Waals surface area contributed by atoms with Crippen LogP contribution in [0.1, 0.15) is 5.56 Å². The fraction of sp³-hybridized carbons (Fsp3) is 0.176. The fourth-order valence-electron chi connectivity index (χ4n) is 2.39. The van der Waals surface area contributed by atoms with E-state index in [1.54, 1.807) is 43.5 Å². The van der Waals surface area contributed by atoms with Crippen molar-refractivity contribution in [3.63, 3.8) is 0 Å². The SMILES string of the molecule is COc1ccc(NC(=O)Cc2ccc3oc(=O)[nH]c3c2)c(OC)c1. The molecule has 0 aliphatic carbocycles. The van der Waals surface area contributed by atoms with E-state index in [0.717, 1.165) is 5.56 Å². The number of benzene rings is 2. The van der Waals surface area contributed by atoms with Crippen molar-refractivity contribution in [2.24, 2.45) is 0 Å². The molecule has 0 aliphatic heterocycles. The number of oxazole rings is 1. The van der Waals surface area contributed by atoms with Gasteiger partial charge in [-0.05, 0) is 29.8 Å². The number of carbonyl (C=O) groups is 1. The van der Waals surface area contributed by atoms with Gasteiger partial charge < -0.3 is 19.2 Å². The van der Waals surface area contributed by atoms with Gasteiger partial charge in [-0.25, -0.2) is 4.79 Å². The van der Waals surface area contributed by atoms with Crippen LogP contribution in [-0.4, -0.2) is 25.1 Å². The highest BCUT2D eigenvalue weighted by atomic mass is 16.5. The Morgan fingerprint density at radius 1 is 1.17 bits per heavy atom. The van der Waals surface area contributed by atoms with Gasteiger partial charge in [0.25, 0.3) is 0 Å². The highest BCUT2D eigenvalue weighted by molar-refractivity contribution is 5.94. The smallest absolute Gasteiger partial charge is 0.417 e. The average Bonchev–Trinajstić information content (AvgIpc) is 2.94. The summed E-state index contributed by atoms with van der Waals surface area (Å²) in [5, 5.41) is 2.80. The van der Waals surface area contributed by atoms with Crippen LogP contribution in [-0.2, 0) is 11.2 Å². The minimum Gasteiger partial charge on any atom is -0.497 e. The first kappa shape index (κ1) is 15.7. The zero-order valence-electron chi connectivity index (χ0n) is 13.2. The number of ether oxygens (including phenoxy) is 2. The second kappa shape index (κ2) is 6.49. The number of carbonyl (C=O) groups excluding carboxylic acids is 1. The number of hydrogen-bond donors (Lipinski definition) is 2. The molecule has 124 valence electrons. The van der Waals surface area contributed by atoms with E-state index < -0.39 is 5.76 Å². The van der Waals surface area contributed by atoms with Crippen molar-refractivity contribution in [1.82, 2.24) is 4.98 Å². The van der Waals surface area contributed by atoms with Gasteiger partial charge in [0.15, 0.2) is 5.58 Å². The molecule has 2 N–H and O–H groups in total. The molecule has 1 amide bonds. The molecular weight excluding hydrogens is 312 g/mol. The first-order valence-corrected chi connectivity index (χ1v) is 7.22. The predicted octanol–water partition coefficient (Wildman–Crippen LogP) is 2.32. The maximum Gasteiger partial charge on any atom is 0.417 e. The van der Waals surface area contributed by atoms with Crippen LogP contribution in [0.25, 0.3) is 11.1 Å². The molecule has 7 heteroatoms. The number of aromatic amines is 1. The predicted molar refractivity (Wildman–Crippen MR) is 88.7 cm³/mol. The monoisotopic (exact) mass is 328 g/mol. The molecule has 0 atom stereocenters. The Bertz CT molecular complexity index is 942. The van der Waals surface area contributed by atoms with Crippen LogP contribution in [0.15, 0.2) is 45.6 Å². The van der Waals surface area contributed by atoms with Gasteiger partial charge in [-0.2, -0.15) is 0 Å². The van der Waals surface area contributed by atoms with Gasteiger partial charge in [0, 0.05) is 6.07 Å². The largest absolute Gasteiger partial charge is 0.497 e. The van der Waals surface area contributed by atoms with E-state index in [1.165, 1.54) is 7.11 Å². The Balaban J connectivity index is 1.75. The fourth-order valence-corrected chi connectivity index (χ4v) is 2.39. The summed E-state index contributed by atoms with van der Waals surface area (Å²) in [6, 6.07) is 10.3. The van der Waals surface area contributed by atoms with Crippen molar-refractivity contribution in [2.75, 3.05) is 19.5 Å². The number of methoxy groups -OCH3 is 2. The van der Waals surface area contributed by atoms with E-state index in [0.29, 0.717) is 28.3 Å². The standard InChI is InChI=1S/C17H16N2O5/c1-22-11-4-5-12(15(9-11)23-2)18-16(20)8-10-3-6-14-13(7-10)19-17(21)24-14/h3-7,9H,8H2,1-2H3,(H,18,20)(H,19,21). The first-order valence-electron chi connectivity index (χ1n) is 7.22. The molecule has 0 aliphatic rings. The molecule has 0 saturated heterocycles. The lowest BCUT2D eigenvalue weighted by Crippen LogP contribution is -2.15. The molecule has 24 heavy (non-hydrogen) atoms. The minimum absolute atomic E-state index is 0.151. The van der Waals surface area contributed by atoms with Gasteiger partial charge in [-0.15, -0.1) is 0 Å². The Hall–Kier alpha value is -3.22.